The zero-order valence-electron chi connectivity index (χ0n) is 47.1. The molecule has 2 saturated heterocycles. The molecule has 8 amide bonds. The van der Waals surface area contributed by atoms with Crippen molar-refractivity contribution >= 4 is 106 Å². The summed E-state index contributed by atoms with van der Waals surface area (Å²) in [5.74, 6) is -7.97. The zero-order valence-corrected chi connectivity index (χ0v) is 48.7. The number of benzene rings is 1. The number of thiophene rings is 1. The number of carbonyl (C=O) groups is 10. The highest BCUT2D eigenvalue weighted by Crippen LogP contribution is 2.35. The van der Waals surface area contributed by atoms with Crippen molar-refractivity contribution in [3.8, 4) is 0 Å². The second kappa shape index (κ2) is 33.4. The fourth-order valence-corrected chi connectivity index (χ4v) is 11.7. The molecule has 1 unspecified atom stereocenters. The third kappa shape index (κ3) is 20.6. The largest absolute Gasteiger partial charge is 0.480 e. The van der Waals surface area contributed by atoms with Gasteiger partial charge in [-0.2, -0.15) is 0 Å². The number of thioether (sulfide) groups is 1. The fraction of sp³-hybridized carbons (Fsp3) is 0.558. The van der Waals surface area contributed by atoms with Crippen LogP contribution in [-0.2, 0) is 54.4 Å². The normalized spacial score (nSPS) is 19.1. The number of nitrogens with one attached hydrogen (secondary N) is 6. The number of aliphatic hydroxyl groups is 2. The van der Waals surface area contributed by atoms with Gasteiger partial charge in [-0.05, 0) is 93.9 Å². The van der Waals surface area contributed by atoms with E-state index in [9.17, 15) is 63.3 Å². The number of aryl methyl sites for hydroxylation is 1. The van der Waals surface area contributed by atoms with Crippen LogP contribution in [0, 0.1) is 6.92 Å². The Hall–Kier alpha value is -8.14. The predicted octanol–water partition coefficient (Wildman–Crippen LogP) is -5.49. The molecule has 33 heteroatoms. The average Bonchev–Trinajstić information content (AvgIpc) is 4.14. The summed E-state index contributed by atoms with van der Waals surface area (Å²) in [6, 6.07) is -1.60. The van der Waals surface area contributed by atoms with Crippen molar-refractivity contribution < 1.29 is 63.3 Å². The van der Waals surface area contributed by atoms with Gasteiger partial charge in [-0.3, -0.25) is 58.7 Å². The highest BCUT2D eigenvalue weighted by atomic mass is 32.2. The number of carboxylic acids is 1. The number of hydrogen-bond donors (Lipinski definition) is 15. The van der Waals surface area contributed by atoms with E-state index in [1.165, 1.54) is 28.0 Å². The van der Waals surface area contributed by atoms with Gasteiger partial charge in [-0.25, -0.2) is 4.79 Å². The summed E-state index contributed by atoms with van der Waals surface area (Å²) in [4.78, 5) is 152. The second-order valence-electron chi connectivity index (χ2n) is 20.4. The topological polar surface area (TPSA) is 506 Å². The summed E-state index contributed by atoms with van der Waals surface area (Å²) in [7, 11) is 0. The molecule has 0 spiro atoms. The van der Waals surface area contributed by atoms with E-state index in [0.717, 1.165) is 15.4 Å². The Labute approximate surface area is 498 Å². The molecule has 0 aliphatic carbocycles. The van der Waals surface area contributed by atoms with Crippen LogP contribution in [0.15, 0.2) is 55.6 Å². The van der Waals surface area contributed by atoms with Crippen molar-refractivity contribution in [3.05, 3.63) is 46.2 Å². The third-order valence-electron chi connectivity index (χ3n) is 14.0. The van der Waals surface area contributed by atoms with Crippen molar-refractivity contribution in [2.75, 3.05) is 63.1 Å². The first-order valence-corrected chi connectivity index (χ1v) is 29.4. The van der Waals surface area contributed by atoms with Gasteiger partial charge in [0.15, 0.2) is 17.9 Å². The van der Waals surface area contributed by atoms with Gasteiger partial charge in [0.05, 0.1) is 37.0 Å². The van der Waals surface area contributed by atoms with E-state index in [4.69, 9.17) is 34.4 Å². The molecule has 9 atom stereocenters. The van der Waals surface area contributed by atoms with Crippen LogP contribution in [0.3, 0.4) is 0 Å². The minimum atomic E-state index is -1.52. The molecule has 4 heterocycles. The minimum absolute atomic E-state index is 0.0120. The van der Waals surface area contributed by atoms with Crippen molar-refractivity contribution in [2.45, 2.75) is 130 Å². The number of nitrogens with zero attached hydrogens (tertiary/aromatic N) is 6. The Bertz CT molecular complexity index is 2780. The van der Waals surface area contributed by atoms with Crippen LogP contribution in [0.5, 0.6) is 0 Å². The molecule has 0 bridgehead atoms. The number of carbonyl (C=O) groups excluding carboxylic acids is 9. The number of likely N-dealkylation sites (tertiary alicyclic amines) is 2. The van der Waals surface area contributed by atoms with Crippen LogP contribution in [0.4, 0.5) is 5.69 Å². The first-order valence-electron chi connectivity index (χ1n) is 27.6. The van der Waals surface area contributed by atoms with Gasteiger partial charge >= 0.3 is 5.97 Å². The number of anilines is 1. The molecule has 3 aliphatic rings. The summed E-state index contributed by atoms with van der Waals surface area (Å²) in [5, 5.41) is 49.2. The molecule has 21 N–H and O–H groups in total. The van der Waals surface area contributed by atoms with E-state index < -0.39 is 127 Å². The van der Waals surface area contributed by atoms with E-state index in [1.54, 1.807) is 35.7 Å². The monoisotopic (exact) mass is 1230 g/mol. The van der Waals surface area contributed by atoms with Crippen LogP contribution in [0.25, 0.3) is 0 Å². The maximum absolute atomic E-state index is 14.4. The Balaban J connectivity index is 1.25. The van der Waals surface area contributed by atoms with E-state index in [-0.39, 0.29) is 108 Å². The van der Waals surface area contributed by atoms with E-state index >= 15 is 0 Å². The van der Waals surface area contributed by atoms with Crippen LogP contribution in [0.2, 0.25) is 0 Å². The van der Waals surface area contributed by atoms with E-state index in [1.807, 2.05) is 6.92 Å². The highest BCUT2D eigenvalue weighted by molar-refractivity contribution is 7.99. The Morgan fingerprint density at radius 2 is 1.42 bits per heavy atom. The maximum atomic E-state index is 14.4. The third-order valence-corrected chi connectivity index (χ3v) is 16.0. The lowest BCUT2D eigenvalue weighted by Crippen LogP contribution is -2.60. The number of aliphatic hydroxyl groups excluding tert-OH is 2. The molecule has 85 heavy (non-hydrogen) atoms. The number of aliphatic carboxylic acids is 1. The Kier molecular flexibility index (Phi) is 26.6. The number of aldehydes is 1. The molecule has 466 valence electrons. The number of guanidine groups is 3. The molecule has 0 saturated carbocycles. The summed E-state index contributed by atoms with van der Waals surface area (Å²) >= 11 is 2.51. The smallest absolute Gasteiger partial charge is 0.326 e. The average molecular weight is 1230 g/mol. The van der Waals surface area contributed by atoms with E-state index in [2.05, 4.69) is 46.9 Å². The quantitative estimate of drug-likeness (QED) is 0.0141. The lowest BCUT2D eigenvalue weighted by molar-refractivity contribution is -0.149. The minimum Gasteiger partial charge on any atom is -0.480 e. The summed E-state index contributed by atoms with van der Waals surface area (Å²) < 4.78 is 0. The molecule has 2 aromatic rings. The summed E-state index contributed by atoms with van der Waals surface area (Å²) in [6.07, 6.45) is 0.587. The molecule has 1 aromatic heterocycles. The lowest BCUT2D eigenvalue weighted by atomic mass is 10.1. The SMILES string of the molecule is Cc1ccc2c(c1)SC[C@@H](N[C@@H](CO)C(=O)N[C@@H](Cc1cccs1)C(=O)NCC(=O)N1CCC(O)[C@H]1C(=O)N1CCC[C@H]1C(=O)N[C@@H](CCCN=C(N)N)C(=O)N[C@@H](C=O)CCCN=C(N)N)C(=O)N2CC(=O)N[C@@H](CCCN=C(N)N)C(=O)O. The van der Waals surface area contributed by atoms with Gasteiger partial charge in [0.2, 0.25) is 47.3 Å². The molecular formula is C52H78N18O13S2. The van der Waals surface area contributed by atoms with Crippen LogP contribution in [-0.4, -0.2) is 215 Å². The molecule has 3 aliphatic heterocycles. The fourth-order valence-electron chi connectivity index (χ4n) is 9.74. The van der Waals surface area contributed by atoms with Gasteiger partial charge in [-0.1, -0.05) is 12.1 Å². The Morgan fingerprint density at radius 1 is 0.776 bits per heavy atom. The summed E-state index contributed by atoms with van der Waals surface area (Å²) in [6.45, 7) is 0.0274. The van der Waals surface area contributed by atoms with E-state index in [0.29, 0.717) is 34.6 Å². The Morgan fingerprint density at radius 3 is 2.04 bits per heavy atom. The number of aliphatic imine (C=N–C) groups is 3. The van der Waals surface area contributed by atoms with Gasteiger partial charge < -0.3 is 95.8 Å². The van der Waals surface area contributed by atoms with Crippen molar-refractivity contribution in [2.24, 2.45) is 49.4 Å². The lowest BCUT2D eigenvalue weighted by Gasteiger charge is -2.33. The number of rotatable bonds is 32. The van der Waals surface area contributed by atoms with Crippen molar-refractivity contribution in [1.29, 1.82) is 0 Å². The number of hydrogen-bond acceptors (Lipinski definition) is 18. The molecule has 2 fully saturated rings. The van der Waals surface area contributed by atoms with Gasteiger partial charge in [-0.15, -0.1) is 23.1 Å². The van der Waals surface area contributed by atoms with Gasteiger partial charge in [0, 0.05) is 54.7 Å². The molecule has 0 radical (unpaired) electrons. The maximum Gasteiger partial charge on any atom is 0.326 e. The van der Waals surface area contributed by atoms with Crippen molar-refractivity contribution in [1.82, 2.24) is 41.7 Å². The first-order chi connectivity index (χ1) is 40.5. The van der Waals surface area contributed by atoms with Crippen LogP contribution >= 0.6 is 23.1 Å². The number of fused-ring (bicyclic) bond motifs is 1. The van der Waals surface area contributed by atoms with Gasteiger partial charge in [0.1, 0.15) is 49.1 Å². The van der Waals surface area contributed by atoms with Gasteiger partial charge in [0.25, 0.3) is 0 Å². The second-order valence-corrected chi connectivity index (χ2v) is 22.5. The standard InChI is InChI=1S/C52H78N18O13S2/c1-28-12-13-36-39(21-28)85-27-35(47(80)70(36)24-40(74)65-32(49(82)83)10-4-17-61-52(57)58)64-34(26-72)45(78)67-33(22-30-8-6-20-84-30)43(76)62-23-41(75)69-19-14-38(73)42(69)48(81)68-18-5-11-37(68)46(79)66-31(9-3-16-60-51(55)56)44(77)63-29(25-71)7-2-15-59-50(53)54/h6,8,12-13,20-21,25,29,31-35,37-38,42,64,72-73H,2-5,7,9-11,14-19,22-24,26-27H2,1H3,(H,62,76)(H,63,77)(H,65,74)(H,66,79)(H,67,78)(H,82,83)(H4,53,54,59)(H4,55,56,60)(H4,57,58,61)/t29-,31+,32+,33+,34+,35-,37+,38?,42+/m1/s1. The first kappa shape index (κ1) is 67.6. The predicted molar refractivity (Wildman–Crippen MR) is 315 cm³/mol. The molecule has 31 nitrogen and oxygen atoms in total. The molecule has 5 rings (SSSR count). The zero-order chi connectivity index (χ0) is 62.3. The van der Waals surface area contributed by atoms with Crippen LogP contribution < -0.4 is 71.2 Å². The van der Waals surface area contributed by atoms with Crippen LogP contribution in [0.1, 0.15) is 68.2 Å². The number of amides is 8. The highest BCUT2D eigenvalue weighted by Gasteiger charge is 2.47. The summed E-state index contributed by atoms with van der Waals surface area (Å²) in [5.41, 5.74) is 33.6. The molecular weight excluding hydrogens is 1150 g/mol. The van der Waals surface area contributed by atoms with Crippen molar-refractivity contribution in [3.63, 3.8) is 0 Å². The number of nitrogens with two attached hydrogens (primary N) is 6. The number of carboxylic acid groups (broad SMARTS) is 1. The molecule has 1 aromatic carbocycles.